The van der Waals surface area contributed by atoms with Gasteiger partial charge < -0.3 is 10.8 Å². The third-order valence-electron chi connectivity index (χ3n) is 1.97. The molecule has 0 saturated heterocycles. The van der Waals surface area contributed by atoms with Gasteiger partial charge >= 0.3 is 0 Å². The molecule has 0 saturated carbocycles. The number of benzene rings is 1. The van der Waals surface area contributed by atoms with Crippen LogP contribution < -0.4 is 5.73 Å². The van der Waals surface area contributed by atoms with E-state index in [1.54, 1.807) is 12.1 Å². The first-order chi connectivity index (χ1) is 6.31. The standard InChI is InChI=1S/C10H10N2O/c11-6-8-5-4-7-2-1-3-9(13)10(7)12-8/h1-5,13H,6,11H2. The molecule has 2 aromatic rings. The number of aromatic hydroxyl groups is 1. The van der Waals surface area contributed by atoms with Crippen LogP contribution in [0.4, 0.5) is 0 Å². The summed E-state index contributed by atoms with van der Waals surface area (Å²) in [6, 6.07) is 9.09. The summed E-state index contributed by atoms with van der Waals surface area (Å²) in [5.41, 5.74) is 6.85. The molecule has 0 aliphatic heterocycles. The average molecular weight is 174 g/mol. The molecule has 0 aliphatic carbocycles. The number of nitrogens with zero attached hydrogens (tertiary/aromatic N) is 1. The molecule has 0 radical (unpaired) electrons. The molecule has 3 nitrogen and oxygen atoms in total. The number of phenols is 1. The number of nitrogens with two attached hydrogens (primary N) is 1. The van der Waals surface area contributed by atoms with Gasteiger partial charge in [-0.25, -0.2) is 4.98 Å². The Morgan fingerprint density at radius 2 is 2.08 bits per heavy atom. The zero-order valence-corrected chi connectivity index (χ0v) is 7.07. The van der Waals surface area contributed by atoms with Gasteiger partial charge in [-0.05, 0) is 12.1 Å². The quantitative estimate of drug-likeness (QED) is 0.687. The van der Waals surface area contributed by atoms with Gasteiger partial charge in [0.1, 0.15) is 11.3 Å². The van der Waals surface area contributed by atoms with Crippen LogP contribution in [0.3, 0.4) is 0 Å². The number of para-hydroxylation sites is 1. The van der Waals surface area contributed by atoms with Crippen molar-refractivity contribution in [3.8, 4) is 5.75 Å². The van der Waals surface area contributed by atoms with Crippen LogP contribution in [0.1, 0.15) is 5.69 Å². The highest BCUT2D eigenvalue weighted by Crippen LogP contribution is 2.21. The van der Waals surface area contributed by atoms with Gasteiger partial charge in [0, 0.05) is 11.9 Å². The van der Waals surface area contributed by atoms with E-state index in [-0.39, 0.29) is 5.75 Å². The van der Waals surface area contributed by atoms with E-state index in [1.807, 2.05) is 18.2 Å². The summed E-state index contributed by atoms with van der Waals surface area (Å²) in [7, 11) is 0. The highest BCUT2D eigenvalue weighted by molar-refractivity contribution is 5.84. The molecule has 66 valence electrons. The van der Waals surface area contributed by atoms with Crippen LogP contribution in [-0.2, 0) is 6.54 Å². The summed E-state index contributed by atoms with van der Waals surface area (Å²) in [6.45, 7) is 0.393. The number of pyridine rings is 1. The molecule has 0 amide bonds. The van der Waals surface area contributed by atoms with Crippen LogP contribution in [0.2, 0.25) is 0 Å². The molecule has 3 heteroatoms. The Labute approximate surface area is 75.8 Å². The van der Waals surface area contributed by atoms with Gasteiger partial charge in [0.25, 0.3) is 0 Å². The fourth-order valence-corrected chi connectivity index (χ4v) is 1.29. The van der Waals surface area contributed by atoms with Crippen LogP contribution >= 0.6 is 0 Å². The van der Waals surface area contributed by atoms with Crippen LogP contribution in [-0.4, -0.2) is 10.1 Å². The predicted octanol–water partition coefficient (Wildman–Crippen LogP) is 1.40. The first-order valence-electron chi connectivity index (χ1n) is 4.09. The number of hydrogen-bond acceptors (Lipinski definition) is 3. The highest BCUT2D eigenvalue weighted by atomic mass is 16.3. The Balaban J connectivity index is 2.74. The minimum absolute atomic E-state index is 0.202. The molecule has 0 bridgehead atoms. The van der Waals surface area contributed by atoms with E-state index in [0.29, 0.717) is 12.1 Å². The van der Waals surface area contributed by atoms with Crippen molar-refractivity contribution >= 4 is 10.9 Å². The Morgan fingerprint density at radius 3 is 2.85 bits per heavy atom. The largest absolute Gasteiger partial charge is 0.506 e. The second-order valence-electron chi connectivity index (χ2n) is 2.86. The van der Waals surface area contributed by atoms with Crippen molar-refractivity contribution in [3.05, 3.63) is 36.0 Å². The SMILES string of the molecule is NCc1ccc2cccc(O)c2n1. The zero-order chi connectivity index (χ0) is 9.26. The summed E-state index contributed by atoms with van der Waals surface area (Å²) in [5.74, 6) is 0.202. The highest BCUT2D eigenvalue weighted by Gasteiger charge is 2.00. The topological polar surface area (TPSA) is 59.1 Å². The minimum Gasteiger partial charge on any atom is -0.506 e. The van der Waals surface area contributed by atoms with Gasteiger partial charge in [-0.1, -0.05) is 18.2 Å². The number of hydrogen-bond donors (Lipinski definition) is 2. The van der Waals surface area contributed by atoms with E-state index in [1.165, 1.54) is 0 Å². The lowest BCUT2D eigenvalue weighted by molar-refractivity contribution is 0.480. The molecule has 1 heterocycles. The molecule has 13 heavy (non-hydrogen) atoms. The Hall–Kier alpha value is -1.61. The Bertz CT molecular complexity index is 440. The van der Waals surface area contributed by atoms with Gasteiger partial charge in [0.05, 0.1) is 5.69 Å². The van der Waals surface area contributed by atoms with E-state index in [2.05, 4.69) is 4.98 Å². The monoisotopic (exact) mass is 174 g/mol. The van der Waals surface area contributed by atoms with Crippen molar-refractivity contribution in [2.45, 2.75) is 6.54 Å². The molecular formula is C10H10N2O. The fraction of sp³-hybridized carbons (Fsp3) is 0.100. The van der Waals surface area contributed by atoms with E-state index >= 15 is 0 Å². The second-order valence-corrected chi connectivity index (χ2v) is 2.86. The first-order valence-corrected chi connectivity index (χ1v) is 4.09. The van der Waals surface area contributed by atoms with Crippen LogP contribution in [0.5, 0.6) is 5.75 Å². The maximum atomic E-state index is 9.49. The van der Waals surface area contributed by atoms with Crippen molar-refractivity contribution in [3.63, 3.8) is 0 Å². The summed E-state index contributed by atoms with van der Waals surface area (Å²) >= 11 is 0. The lowest BCUT2D eigenvalue weighted by Crippen LogP contribution is -1.98. The van der Waals surface area contributed by atoms with Crippen molar-refractivity contribution in [2.75, 3.05) is 0 Å². The average Bonchev–Trinajstić information content (AvgIpc) is 2.18. The fourth-order valence-electron chi connectivity index (χ4n) is 1.29. The summed E-state index contributed by atoms with van der Waals surface area (Å²) in [4.78, 5) is 4.22. The van der Waals surface area contributed by atoms with Crippen LogP contribution in [0, 0.1) is 0 Å². The van der Waals surface area contributed by atoms with Crippen molar-refractivity contribution in [1.82, 2.24) is 4.98 Å². The summed E-state index contributed by atoms with van der Waals surface area (Å²) < 4.78 is 0. The number of phenolic OH excluding ortho intramolecular Hbond substituents is 1. The van der Waals surface area contributed by atoms with Gasteiger partial charge in [-0.2, -0.15) is 0 Å². The van der Waals surface area contributed by atoms with E-state index in [9.17, 15) is 5.11 Å². The zero-order valence-electron chi connectivity index (χ0n) is 7.07. The molecule has 0 spiro atoms. The molecule has 0 unspecified atom stereocenters. The summed E-state index contributed by atoms with van der Waals surface area (Å²) in [6.07, 6.45) is 0. The second kappa shape index (κ2) is 3.03. The third-order valence-corrected chi connectivity index (χ3v) is 1.97. The molecule has 2 rings (SSSR count). The molecule has 1 aromatic carbocycles. The summed E-state index contributed by atoms with van der Waals surface area (Å²) in [5, 5.41) is 10.4. The molecule has 3 N–H and O–H groups in total. The lowest BCUT2D eigenvalue weighted by atomic mass is 10.2. The number of fused-ring (bicyclic) bond motifs is 1. The van der Waals surface area contributed by atoms with Crippen molar-refractivity contribution in [1.29, 1.82) is 0 Å². The number of rotatable bonds is 1. The smallest absolute Gasteiger partial charge is 0.141 e. The van der Waals surface area contributed by atoms with E-state index < -0.39 is 0 Å². The molecule has 0 fully saturated rings. The Kier molecular flexibility index (Phi) is 1.87. The number of aromatic nitrogens is 1. The first kappa shape index (κ1) is 8.01. The van der Waals surface area contributed by atoms with Crippen LogP contribution in [0.15, 0.2) is 30.3 Å². The molecule has 0 atom stereocenters. The van der Waals surface area contributed by atoms with E-state index in [4.69, 9.17) is 5.73 Å². The van der Waals surface area contributed by atoms with E-state index in [0.717, 1.165) is 11.1 Å². The van der Waals surface area contributed by atoms with Crippen molar-refractivity contribution < 1.29 is 5.11 Å². The minimum atomic E-state index is 0.202. The van der Waals surface area contributed by atoms with Gasteiger partial charge in [-0.3, -0.25) is 0 Å². The van der Waals surface area contributed by atoms with Gasteiger partial charge in [0.15, 0.2) is 0 Å². The third kappa shape index (κ3) is 1.34. The predicted molar refractivity (Wildman–Crippen MR) is 51.3 cm³/mol. The van der Waals surface area contributed by atoms with Crippen molar-refractivity contribution in [2.24, 2.45) is 5.73 Å². The van der Waals surface area contributed by atoms with Crippen LogP contribution in [0.25, 0.3) is 10.9 Å². The maximum Gasteiger partial charge on any atom is 0.141 e. The van der Waals surface area contributed by atoms with Gasteiger partial charge in [-0.15, -0.1) is 0 Å². The molecule has 0 aliphatic rings. The molecule has 1 aromatic heterocycles. The normalized spacial score (nSPS) is 10.5. The molecular weight excluding hydrogens is 164 g/mol. The Morgan fingerprint density at radius 1 is 1.23 bits per heavy atom. The van der Waals surface area contributed by atoms with Gasteiger partial charge in [0.2, 0.25) is 0 Å². The lowest BCUT2D eigenvalue weighted by Gasteiger charge is -2.01. The maximum absolute atomic E-state index is 9.49.